The molecule has 0 aromatic heterocycles. The predicted molar refractivity (Wildman–Crippen MR) is 160 cm³/mol. The summed E-state index contributed by atoms with van der Waals surface area (Å²) in [6.07, 6.45) is 0. The Balaban J connectivity index is 1.50. The molecule has 0 unspecified atom stereocenters. The molecular weight excluding hydrogens is 540 g/mol. The van der Waals surface area contributed by atoms with Crippen LogP contribution in [-0.4, -0.2) is 39.6 Å². The molecule has 0 saturated heterocycles. The maximum Gasteiger partial charge on any atom is 0.264 e. The van der Waals surface area contributed by atoms with Gasteiger partial charge in [-0.25, -0.2) is 13.8 Å². The molecule has 0 saturated carbocycles. The second-order valence-corrected chi connectivity index (χ2v) is 11.0. The molecule has 0 radical (unpaired) electrons. The molecule has 0 fully saturated rings. The molecule has 0 aliphatic carbocycles. The zero-order valence-electron chi connectivity index (χ0n) is 22.9. The third-order valence-electron chi connectivity index (χ3n) is 6.17. The number of hydrogen-bond acceptors (Lipinski definition) is 6. The third kappa shape index (κ3) is 7.17. The molecule has 9 nitrogen and oxygen atoms in total. The van der Waals surface area contributed by atoms with Crippen LogP contribution >= 0.6 is 0 Å². The Morgan fingerprint density at radius 2 is 1.49 bits per heavy atom. The molecule has 41 heavy (non-hydrogen) atoms. The van der Waals surface area contributed by atoms with Gasteiger partial charge in [-0.3, -0.25) is 13.9 Å². The van der Waals surface area contributed by atoms with E-state index in [1.165, 1.54) is 19.2 Å². The van der Waals surface area contributed by atoms with E-state index >= 15 is 0 Å². The molecule has 2 amide bonds. The van der Waals surface area contributed by atoms with E-state index in [-0.39, 0.29) is 16.5 Å². The molecule has 4 rings (SSSR count). The zero-order valence-corrected chi connectivity index (χ0v) is 23.7. The summed E-state index contributed by atoms with van der Waals surface area (Å²) < 4.78 is 33.7. The van der Waals surface area contributed by atoms with Crippen LogP contribution in [0, 0.1) is 6.92 Å². The lowest BCUT2D eigenvalue weighted by molar-refractivity contribution is -0.119. The van der Waals surface area contributed by atoms with Crippen LogP contribution in [0.5, 0.6) is 5.75 Å². The molecule has 0 aliphatic rings. The summed E-state index contributed by atoms with van der Waals surface area (Å²) in [5.41, 5.74) is 5.84. The Labute approximate surface area is 239 Å². The minimum Gasteiger partial charge on any atom is -0.495 e. The number of methoxy groups -OCH3 is 1. The Morgan fingerprint density at radius 1 is 0.854 bits per heavy atom. The highest BCUT2D eigenvalue weighted by Crippen LogP contribution is 2.33. The summed E-state index contributed by atoms with van der Waals surface area (Å²) in [6.45, 7) is 3.00. The normalized spacial score (nSPS) is 11.4. The van der Waals surface area contributed by atoms with Gasteiger partial charge < -0.3 is 10.1 Å². The number of carbonyl (C=O) groups excluding carboxylic acids is 2. The van der Waals surface area contributed by atoms with Crippen molar-refractivity contribution in [3.05, 3.63) is 120 Å². The van der Waals surface area contributed by atoms with E-state index < -0.39 is 22.5 Å². The lowest BCUT2D eigenvalue weighted by atomic mass is 10.1. The number of hydrazone groups is 1. The third-order valence-corrected chi connectivity index (χ3v) is 7.94. The number of sulfonamides is 1. The van der Waals surface area contributed by atoms with Gasteiger partial charge in [-0.15, -0.1) is 0 Å². The molecular formula is C31H30N4O5S. The van der Waals surface area contributed by atoms with E-state index in [1.807, 2.05) is 13.0 Å². The number of hydrogen-bond donors (Lipinski definition) is 2. The van der Waals surface area contributed by atoms with Gasteiger partial charge in [0.15, 0.2) is 0 Å². The minimum atomic E-state index is -4.11. The highest BCUT2D eigenvalue weighted by atomic mass is 32.2. The second-order valence-electron chi connectivity index (χ2n) is 9.13. The summed E-state index contributed by atoms with van der Waals surface area (Å²) in [5.74, 6) is -0.558. The van der Waals surface area contributed by atoms with Gasteiger partial charge in [-0.1, -0.05) is 54.6 Å². The lowest BCUT2D eigenvalue weighted by Crippen LogP contribution is -2.40. The van der Waals surface area contributed by atoms with Gasteiger partial charge >= 0.3 is 0 Å². The first-order valence-corrected chi connectivity index (χ1v) is 14.2. The monoisotopic (exact) mass is 570 g/mol. The van der Waals surface area contributed by atoms with Crippen LogP contribution in [0.15, 0.2) is 113 Å². The fraction of sp³-hybridized carbons (Fsp3) is 0.129. The van der Waals surface area contributed by atoms with Crippen molar-refractivity contribution in [1.82, 2.24) is 5.43 Å². The summed E-state index contributed by atoms with van der Waals surface area (Å²) in [7, 11) is -2.68. The quantitative estimate of drug-likeness (QED) is 0.206. The number of benzene rings is 4. The van der Waals surface area contributed by atoms with Crippen LogP contribution in [-0.2, 0) is 14.8 Å². The summed E-state index contributed by atoms with van der Waals surface area (Å²) >= 11 is 0. The van der Waals surface area contributed by atoms with Crippen LogP contribution in [0.4, 0.5) is 11.4 Å². The van der Waals surface area contributed by atoms with Gasteiger partial charge in [0, 0.05) is 11.3 Å². The smallest absolute Gasteiger partial charge is 0.264 e. The van der Waals surface area contributed by atoms with Crippen molar-refractivity contribution < 1.29 is 22.7 Å². The van der Waals surface area contributed by atoms with Crippen molar-refractivity contribution in [2.75, 3.05) is 23.3 Å². The molecule has 0 heterocycles. The molecule has 4 aromatic rings. The number of amides is 2. The van der Waals surface area contributed by atoms with Gasteiger partial charge in [0.25, 0.3) is 21.8 Å². The van der Waals surface area contributed by atoms with E-state index in [0.717, 1.165) is 9.87 Å². The van der Waals surface area contributed by atoms with E-state index in [1.54, 1.807) is 91.9 Å². The first-order valence-electron chi connectivity index (χ1n) is 12.7. The molecule has 0 atom stereocenters. The Bertz CT molecular complexity index is 1660. The van der Waals surface area contributed by atoms with Gasteiger partial charge in [0.05, 0.1) is 23.4 Å². The van der Waals surface area contributed by atoms with Crippen molar-refractivity contribution in [2.24, 2.45) is 5.10 Å². The van der Waals surface area contributed by atoms with Crippen LogP contribution < -0.4 is 19.8 Å². The Kier molecular flexibility index (Phi) is 9.15. The topological polar surface area (TPSA) is 117 Å². The SMILES string of the molecule is COc1ccc(C)cc1N(CC(=O)N/N=C(/C)c1ccc(NC(=O)c2ccccc2)cc1)S(=O)(=O)c1ccccc1. The molecule has 10 heteroatoms. The van der Waals surface area contributed by atoms with Crippen molar-refractivity contribution in [3.63, 3.8) is 0 Å². The average Bonchev–Trinajstić information content (AvgIpc) is 2.99. The highest BCUT2D eigenvalue weighted by molar-refractivity contribution is 7.92. The van der Waals surface area contributed by atoms with E-state index in [9.17, 15) is 18.0 Å². The van der Waals surface area contributed by atoms with Crippen LogP contribution in [0.3, 0.4) is 0 Å². The predicted octanol–water partition coefficient (Wildman–Crippen LogP) is 4.99. The molecule has 0 spiro atoms. The maximum absolute atomic E-state index is 13.6. The summed E-state index contributed by atoms with van der Waals surface area (Å²) in [5, 5.41) is 7.00. The Morgan fingerprint density at radius 3 is 2.12 bits per heavy atom. The van der Waals surface area contributed by atoms with Crippen molar-refractivity contribution in [2.45, 2.75) is 18.7 Å². The number of aryl methyl sites for hydroxylation is 1. The molecule has 2 N–H and O–H groups in total. The number of nitrogens with zero attached hydrogens (tertiary/aromatic N) is 2. The largest absolute Gasteiger partial charge is 0.495 e. The number of carbonyl (C=O) groups is 2. The van der Waals surface area contributed by atoms with E-state index in [2.05, 4.69) is 15.8 Å². The number of anilines is 2. The lowest BCUT2D eigenvalue weighted by Gasteiger charge is -2.25. The minimum absolute atomic E-state index is 0.0375. The van der Waals surface area contributed by atoms with Crippen molar-refractivity contribution >= 4 is 38.9 Å². The molecule has 0 bridgehead atoms. The van der Waals surface area contributed by atoms with Gasteiger partial charge in [0.1, 0.15) is 12.3 Å². The fourth-order valence-corrected chi connectivity index (χ4v) is 5.42. The second kappa shape index (κ2) is 12.9. The Hall–Kier alpha value is -4.96. The van der Waals surface area contributed by atoms with Crippen molar-refractivity contribution in [1.29, 1.82) is 0 Å². The molecule has 0 aliphatic heterocycles. The van der Waals surface area contributed by atoms with Gasteiger partial charge in [0.2, 0.25) is 0 Å². The number of ether oxygens (including phenoxy) is 1. The number of rotatable bonds is 10. The first-order chi connectivity index (χ1) is 19.7. The number of nitrogens with one attached hydrogen (secondary N) is 2. The highest BCUT2D eigenvalue weighted by Gasteiger charge is 2.29. The fourth-order valence-electron chi connectivity index (χ4n) is 3.98. The van der Waals surface area contributed by atoms with E-state index in [4.69, 9.17) is 4.74 Å². The van der Waals surface area contributed by atoms with E-state index in [0.29, 0.717) is 28.3 Å². The maximum atomic E-state index is 13.6. The molecule has 210 valence electrons. The zero-order chi connectivity index (χ0) is 29.4. The van der Waals surface area contributed by atoms with Gasteiger partial charge in [-0.2, -0.15) is 5.10 Å². The average molecular weight is 571 g/mol. The standard InChI is InChI=1S/C31H30N4O5S/c1-22-14-19-29(40-3)28(20-22)35(41(38,39)27-12-8-5-9-13-27)21-30(36)34-33-23(2)24-15-17-26(18-16-24)32-31(37)25-10-6-4-7-11-25/h4-20H,21H2,1-3H3,(H,32,37)(H,34,36)/b33-23-. The van der Waals surface area contributed by atoms with Gasteiger partial charge in [-0.05, 0) is 73.5 Å². The van der Waals surface area contributed by atoms with Crippen LogP contribution in [0.25, 0.3) is 0 Å². The summed E-state index contributed by atoms with van der Waals surface area (Å²) in [4.78, 5) is 25.4. The van der Waals surface area contributed by atoms with Crippen molar-refractivity contribution in [3.8, 4) is 5.75 Å². The van der Waals surface area contributed by atoms with Crippen LogP contribution in [0.1, 0.15) is 28.4 Å². The molecule has 4 aromatic carbocycles. The summed E-state index contributed by atoms with van der Waals surface area (Å²) in [6, 6.07) is 28.8. The van der Waals surface area contributed by atoms with Crippen LogP contribution in [0.2, 0.25) is 0 Å². The first kappa shape index (κ1) is 29.0.